The largest absolute Gasteiger partial charge is 0.481 e. The molecule has 2 aromatic rings. The molecule has 138 valence electrons. The quantitative estimate of drug-likeness (QED) is 0.781. The molecule has 3 unspecified atom stereocenters. The molecule has 7 heteroatoms. The van der Waals surface area contributed by atoms with Crippen molar-refractivity contribution in [1.82, 2.24) is 4.31 Å². The molecule has 1 aliphatic heterocycles. The lowest BCUT2D eigenvalue weighted by Gasteiger charge is -2.35. The molecule has 3 rings (SSSR count). The molecular weight excluding hydrogens is 354 g/mol. The Balaban J connectivity index is 1.94. The van der Waals surface area contributed by atoms with Crippen molar-refractivity contribution >= 4 is 26.8 Å². The number of hydrogen-bond acceptors (Lipinski definition) is 4. The fourth-order valence-corrected chi connectivity index (χ4v) is 5.14. The van der Waals surface area contributed by atoms with Crippen LogP contribution in [-0.4, -0.2) is 48.1 Å². The highest BCUT2D eigenvalue weighted by Gasteiger charge is 2.40. The van der Waals surface area contributed by atoms with E-state index >= 15 is 0 Å². The Labute approximate surface area is 152 Å². The van der Waals surface area contributed by atoms with E-state index in [2.05, 4.69) is 6.58 Å². The lowest BCUT2D eigenvalue weighted by Crippen LogP contribution is -2.49. The first kappa shape index (κ1) is 18.6. The normalized spacial score (nSPS) is 22.8. The molecule has 1 saturated heterocycles. The molecule has 0 radical (unpaired) electrons. The van der Waals surface area contributed by atoms with Gasteiger partial charge in [-0.1, -0.05) is 42.5 Å². The van der Waals surface area contributed by atoms with Crippen molar-refractivity contribution in [1.29, 1.82) is 0 Å². The molecule has 0 aromatic heterocycles. The van der Waals surface area contributed by atoms with Crippen LogP contribution in [0.25, 0.3) is 10.8 Å². The van der Waals surface area contributed by atoms with Crippen LogP contribution in [-0.2, 0) is 14.8 Å². The fourth-order valence-electron chi connectivity index (χ4n) is 3.36. The van der Waals surface area contributed by atoms with Crippen LogP contribution in [0, 0.1) is 5.92 Å². The minimum atomic E-state index is -3.84. The summed E-state index contributed by atoms with van der Waals surface area (Å²) in [6.07, 6.45) is 0.416. The second kappa shape index (κ2) is 7.19. The lowest BCUT2D eigenvalue weighted by molar-refractivity contribution is -0.147. The fraction of sp³-hybridized carbons (Fsp3) is 0.316. The highest BCUT2D eigenvalue weighted by molar-refractivity contribution is 7.89. The Hall–Kier alpha value is -2.22. The minimum absolute atomic E-state index is 0.0885. The lowest BCUT2D eigenvalue weighted by atomic mass is 9.96. The van der Waals surface area contributed by atoms with Gasteiger partial charge in [0.1, 0.15) is 5.25 Å². The molecular formula is C19H21NO5S. The van der Waals surface area contributed by atoms with Crippen LogP contribution in [0.4, 0.5) is 0 Å². The zero-order chi connectivity index (χ0) is 18.9. The summed E-state index contributed by atoms with van der Waals surface area (Å²) in [4.78, 5) is 11.3. The molecule has 0 amide bonds. The van der Waals surface area contributed by atoms with E-state index in [-0.39, 0.29) is 19.5 Å². The number of carbonyl (C=O) groups is 1. The van der Waals surface area contributed by atoms with Gasteiger partial charge in [0.05, 0.1) is 12.0 Å². The molecule has 0 bridgehead atoms. The third-order valence-electron chi connectivity index (χ3n) is 4.85. The van der Waals surface area contributed by atoms with Crippen molar-refractivity contribution in [2.45, 2.75) is 17.8 Å². The van der Waals surface area contributed by atoms with E-state index in [9.17, 15) is 23.4 Å². The van der Waals surface area contributed by atoms with Gasteiger partial charge in [-0.05, 0) is 28.8 Å². The number of hydrogen-bond donors (Lipinski definition) is 2. The van der Waals surface area contributed by atoms with Gasteiger partial charge >= 0.3 is 5.97 Å². The molecule has 1 aliphatic rings. The maximum atomic E-state index is 13.1. The Kier molecular flexibility index (Phi) is 5.13. The highest BCUT2D eigenvalue weighted by Crippen LogP contribution is 2.32. The molecule has 6 nitrogen and oxygen atoms in total. The highest BCUT2D eigenvalue weighted by atomic mass is 32.2. The molecule has 0 saturated carbocycles. The van der Waals surface area contributed by atoms with E-state index in [0.29, 0.717) is 5.56 Å². The number of nitrogens with zero attached hydrogens (tertiary/aromatic N) is 1. The first-order valence-corrected chi connectivity index (χ1v) is 9.86. The molecule has 3 atom stereocenters. The second-order valence-electron chi connectivity index (χ2n) is 6.47. The maximum absolute atomic E-state index is 13.1. The Morgan fingerprint density at radius 3 is 2.58 bits per heavy atom. The number of rotatable bonds is 5. The Morgan fingerprint density at radius 2 is 1.92 bits per heavy atom. The first-order chi connectivity index (χ1) is 12.3. The van der Waals surface area contributed by atoms with Crippen LogP contribution in [0.1, 0.15) is 17.2 Å². The van der Waals surface area contributed by atoms with E-state index in [1.54, 1.807) is 6.07 Å². The summed E-state index contributed by atoms with van der Waals surface area (Å²) in [6, 6.07) is 13.1. The summed E-state index contributed by atoms with van der Waals surface area (Å²) in [6.45, 7) is 3.53. The van der Waals surface area contributed by atoms with E-state index in [1.165, 1.54) is 6.08 Å². The van der Waals surface area contributed by atoms with Crippen LogP contribution in [0.2, 0.25) is 0 Å². The predicted octanol–water partition coefficient (Wildman–Crippen LogP) is 2.16. The second-order valence-corrected chi connectivity index (χ2v) is 8.52. The van der Waals surface area contributed by atoms with Gasteiger partial charge in [-0.3, -0.25) is 4.79 Å². The van der Waals surface area contributed by atoms with Crippen molar-refractivity contribution in [2.75, 3.05) is 13.1 Å². The molecule has 2 N–H and O–H groups in total. The summed E-state index contributed by atoms with van der Waals surface area (Å²) < 4.78 is 27.4. The number of sulfonamides is 1. The SMILES string of the molecule is C=CC(c1ccc2ccccc2c1)S(=O)(=O)N1CCC(O)C(C(=O)O)C1. The van der Waals surface area contributed by atoms with Gasteiger partial charge in [0.15, 0.2) is 0 Å². The number of fused-ring (bicyclic) bond motifs is 1. The van der Waals surface area contributed by atoms with Gasteiger partial charge in [0.2, 0.25) is 10.0 Å². The Morgan fingerprint density at radius 1 is 1.23 bits per heavy atom. The van der Waals surface area contributed by atoms with Crippen molar-refractivity contribution < 1.29 is 23.4 Å². The number of aliphatic hydroxyl groups is 1. The molecule has 0 aliphatic carbocycles. The van der Waals surface area contributed by atoms with Gasteiger partial charge in [-0.25, -0.2) is 12.7 Å². The standard InChI is InChI=1S/C19H21NO5S/c1-2-18(15-8-7-13-5-3-4-6-14(13)11-15)26(24,25)20-10-9-17(21)16(12-20)19(22)23/h2-8,11,16-18,21H,1,9-10,12H2,(H,22,23). The average molecular weight is 375 g/mol. The third-order valence-corrected chi connectivity index (χ3v) is 7.01. The van der Waals surface area contributed by atoms with Crippen molar-refractivity contribution in [3.63, 3.8) is 0 Å². The zero-order valence-corrected chi connectivity index (χ0v) is 15.0. The zero-order valence-electron chi connectivity index (χ0n) is 14.2. The third kappa shape index (κ3) is 3.38. The van der Waals surface area contributed by atoms with Crippen molar-refractivity contribution in [3.8, 4) is 0 Å². The van der Waals surface area contributed by atoms with E-state index < -0.39 is 33.3 Å². The van der Waals surface area contributed by atoms with Gasteiger partial charge < -0.3 is 10.2 Å². The van der Waals surface area contributed by atoms with Crippen LogP contribution in [0.5, 0.6) is 0 Å². The number of benzene rings is 2. The minimum Gasteiger partial charge on any atom is -0.481 e. The van der Waals surface area contributed by atoms with Crippen LogP contribution in [0.3, 0.4) is 0 Å². The average Bonchev–Trinajstić information content (AvgIpc) is 2.62. The summed E-state index contributed by atoms with van der Waals surface area (Å²) in [7, 11) is -3.84. The Bertz CT molecular complexity index is 940. The summed E-state index contributed by atoms with van der Waals surface area (Å²) >= 11 is 0. The number of carboxylic acid groups (broad SMARTS) is 1. The van der Waals surface area contributed by atoms with Gasteiger partial charge in [0.25, 0.3) is 0 Å². The van der Waals surface area contributed by atoms with Crippen LogP contribution in [0.15, 0.2) is 55.1 Å². The molecule has 26 heavy (non-hydrogen) atoms. The van der Waals surface area contributed by atoms with E-state index in [0.717, 1.165) is 15.1 Å². The monoisotopic (exact) mass is 375 g/mol. The number of carboxylic acids is 1. The van der Waals surface area contributed by atoms with Crippen LogP contribution < -0.4 is 0 Å². The smallest absolute Gasteiger partial charge is 0.310 e. The summed E-state index contributed by atoms with van der Waals surface area (Å²) in [5.41, 5.74) is 0.580. The van der Waals surface area contributed by atoms with E-state index in [4.69, 9.17) is 0 Å². The van der Waals surface area contributed by atoms with Crippen LogP contribution >= 0.6 is 0 Å². The number of piperidine rings is 1. The van der Waals surface area contributed by atoms with Gasteiger partial charge in [-0.15, -0.1) is 6.58 Å². The predicted molar refractivity (Wildman–Crippen MR) is 99.1 cm³/mol. The molecule has 2 aromatic carbocycles. The summed E-state index contributed by atoms with van der Waals surface area (Å²) in [5.74, 6) is -2.32. The number of aliphatic carboxylic acids is 1. The van der Waals surface area contributed by atoms with Crippen molar-refractivity contribution in [2.24, 2.45) is 5.92 Å². The molecule has 1 heterocycles. The molecule has 0 spiro atoms. The topological polar surface area (TPSA) is 94.9 Å². The van der Waals surface area contributed by atoms with Crippen molar-refractivity contribution in [3.05, 3.63) is 60.7 Å². The first-order valence-electron chi connectivity index (χ1n) is 8.35. The molecule has 1 fully saturated rings. The van der Waals surface area contributed by atoms with Gasteiger partial charge in [0, 0.05) is 13.1 Å². The van der Waals surface area contributed by atoms with Gasteiger partial charge in [-0.2, -0.15) is 0 Å². The number of aliphatic hydroxyl groups excluding tert-OH is 1. The van der Waals surface area contributed by atoms with E-state index in [1.807, 2.05) is 36.4 Å². The summed E-state index contributed by atoms with van der Waals surface area (Å²) in [5, 5.41) is 20.0. The maximum Gasteiger partial charge on any atom is 0.310 e.